The minimum atomic E-state index is -0.860. The highest BCUT2D eigenvalue weighted by Gasteiger charge is 2.52. The summed E-state index contributed by atoms with van der Waals surface area (Å²) in [5, 5.41) is 0. The van der Waals surface area contributed by atoms with Gasteiger partial charge in [0, 0.05) is 20.4 Å². The van der Waals surface area contributed by atoms with E-state index in [0.717, 1.165) is 0 Å². The Morgan fingerprint density at radius 3 is 2.74 bits per heavy atom. The van der Waals surface area contributed by atoms with Crippen molar-refractivity contribution in [2.24, 2.45) is 5.92 Å². The molecule has 19 heavy (non-hydrogen) atoms. The third kappa shape index (κ3) is 3.02. The molecule has 0 aromatic heterocycles. The van der Waals surface area contributed by atoms with Crippen molar-refractivity contribution < 1.29 is 33.4 Å². The van der Waals surface area contributed by atoms with Gasteiger partial charge in [-0.15, -0.1) is 0 Å². The molecule has 1 N–H and O–H groups in total. The van der Waals surface area contributed by atoms with E-state index in [1.807, 2.05) is 0 Å². The fraction of sp³-hybridized carbons (Fsp3) is 0.727. The molecule has 0 aromatic carbocycles. The number of fused-ring (bicyclic) bond motifs is 1. The van der Waals surface area contributed by atoms with E-state index in [1.54, 1.807) is 0 Å². The molecule has 8 nitrogen and oxygen atoms in total. The number of rotatable bonds is 3. The predicted molar refractivity (Wildman–Crippen MR) is 58.4 cm³/mol. The van der Waals surface area contributed by atoms with Gasteiger partial charge in [-0.2, -0.15) is 0 Å². The van der Waals surface area contributed by atoms with Gasteiger partial charge in [-0.25, -0.2) is 5.48 Å². The molecule has 2 rings (SSSR count). The Labute approximate surface area is 109 Å². The lowest BCUT2D eigenvalue weighted by Gasteiger charge is -2.35. The van der Waals surface area contributed by atoms with Crippen molar-refractivity contribution in [3.63, 3.8) is 0 Å². The molecule has 0 spiro atoms. The molecule has 2 aliphatic rings. The standard InChI is InChI=1S/C11H15NO7/c1-5(13)16-4-8-10(17-6(2)14)9-7(3-12-19-9)11(15)18-8/h7-10,12H,3-4H2,1-2H3/t7-,8-,9+,10+/m1/s1. The van der Waals surface area contributed by atoms with Crippen LogP contribution < -0.4 is 5.48 Å². The maximum atomic E-state index is 11.7. The van der Waals surface area contributed by atoms with Crippen LogP contribution in [-0.4, -0.2) is 49.4 Å². The van der Waals surface area contributed by atoms with Gasteiger partial charge in [0.15, 0.2) is 12.2 Å². The molecule has 2 aliphatic heterocycles. The van der Waals surface area contributed by atoms with Crippen molar-refractivity contribution in [3.8, 4) is 0 Å². The van der Waals surface area contributed by atoms with E-state index in [1.165, 1.54) is 13.8 Å². The number of ether oxygens (including phenoxy) is 3. The van der Waals surface area contributed by atoms with Gasteiger partial charge in [0.05, 0.1) is 0 Å². The number of cyclic esters (lactones) is 1. The molecule has 0 bridgehead atoms. The van der Waals surface area contributed by atoms with Crippen molar-refractivity contribution in [2.45, 2.75) is 32.2 Å². The number of hydrogen-bond donors (Lipinski definition) is 1. The summed E-state index contributed by atoms with van der Waals surface area (Å²) < 4.78 is 15.1. The van der Waals surface area contributed by atoms with Crippen LogP contribution in [-0.2, 0) is 33.4 Å². The number of hydroxylamine groups is 1. The van der Waals surface area contributed by atoms with Gasteiger partial charge < -0.3 is 14.2 Å². The molecular formula is C11H15NO7. The minimum Gasteiger partial charge on any atom is -0.462 e. The van der Waals surface area contributed by atoms with E-state index in [0.29, 0.717) is 6.54 Å². The quantitative estimate of drug-likeness (QED) is 0.512. The van der Waals surface area contributed by atoms with E-state index in [-0.39, 0.29) is 6.61 Å². The Bertz CT molecular complexity index is 397. The third-order valence-electron chi connectivity index (χ3n) is 2.93. The monoisotopic (exact) mass is 273 g/mol. The average molecular weight is 273 g/mol. The van der Waals surface area contributed by atoms with Gasteiger partial charge in [-0.05, 0) is 0 Å². The summed E-state index contributed by atoms with van der Waals surface area (Å²) in [4.78, 5) is 38.9. The second-order valence-electron chi connectivity index (χ2n) is 4.39. The molecule has 0 aromatic rings. The maximum absolute atomic E-state index is 11.7. The van der Waals surface area contributed by atoms with Crippen molar-refractivity contribution in [2.75, 3.05) is 13.2 Å². The molecule has 0 unspecified atom stereocenters. The van der Waals surface area contributed by atoms with Crippen molar-refractivity contribution in [1.29, 1.82) is 0 Å². The van der Waals surface area contributed by atoms with Crippen LogP contribution in [0.15, 0.2) is 0 Å². The summed E-state index contributed by atoms with van der Waals surface area (Å²) >= 11 is 0. The molecule has 2 fully saturated rings. The zero-order valence-electron chi connectivity index (χ0n) is 10.6. The zero-order valence-corrected chi connectivity index (χ0v) is 10.6. The fourth-order valence-electron chi connectivity index (χ4n) is 2.12. The molecule has 2 saturated heterocycles. The van der Waals surface area contributed by atoms with E-state index >= 15 is 0 Å². The topological polar surface area (TPSA) is 100 Å². The van der Waals surface area contributed by atoms with Crippen LogP contribution in [0, 0.1) is 5.92 Å². The number of carbonyl (C=O) groups excluding carboxylic acids is 3. The minimum absolute atomic E-state index is 0.175. The lowest BCUT2D eigenvalue weighted by molar-refractivity contribution is -0.207. The van der Waals surface area contributed by atoms with E-state index in [2.05, 4.69) is 5.48 Å². The third-order valence-corrected chi connectivity index (χ3v) is 2.93. The molecule has 2 heterocycles. The molecule has 0 aliphatic carbocycles. The van der Waals surface area contributed by atoms with Gasteiger partial charge >= 0.3 is 17.9 Å². The Morgan fingerprint density at radius 1 is 1.37 bits per heavy atom. The lowest BCUT2D eigenvalue weighted by atomic mass is 9.92. The molecule has 8 heteroatoms. The first-order valence-electron chi connectivity index (χ1n) is 5.88. The molecule has 0 radical (unpaired) electrons. The molecular weight excluding hydrogens is 258 g/mol. The summed E-state index contributed by atoms with van der Waals surface area (Å²) in [6.07, 6.45) is -2.29. The molecule has 106 valence electrons. The number of hydrogen-bond acceptors (Lipinski definition) is 8. The highest BCUT2D eigenvalue weighted by atomic mass is 16.7. The van der Waals surface area contributed by atoms with Crippen molar-refractivity contribution >= 4 is 17.9 Å². The highest BCUT2D eigenvalue weighted by molar-refractivity contribution is 5.75. The van der Waals surface area contributed by atoms with Gasteiger partial charge in [0.1, 0.15) is 18.6 Å². The largest absolute Gasteiger partial charge is 0.462 e. The van der Waals surface area contributed by atoms with Gasteiger partial charge in [0.25, 0.3) is 0 Å². The van der Waals surface area contributed by atoms with Gasteiger partial charge in [-0.3, -0.25) is 19.2 Å². The highest BCUT2D eigenvalue weighted by Crippen LogP contribution is 2.29. The van der Waals surface area contributed by atoms with Gasteiger partial charge in [0.2, 0.25) is 0 Å². The number of nitrogens with one attached hydrogen (secondary N) is 1. The van der Waals surface area contributed by atoms with Crippen LogP contribution in [0.4, 0.5) is 0 Å². The Morgan fingerprint density at radius 2 is 2.11 bits per heavy atom. The number of carbonyl (C=O) groups is 3. The van der Waals surface area contributed by atoms with E-state index < -0.39 is 42.1 Å². The first kappa shape index (κ1) is 13.8. The predicted octanol–water partition coefficient (Wildman–Crippen LogP) is -1.07. The normalized spacial score (nSPS) is 33.3. The first-order chi connectivity index (χ1) is 8.99. The van der Waals surface area contributed by atoms with Crippen LogP contribution in [0.5, 0.6) is 0 Å². The van der Waals surface area contributed by atoms with Crippen LogP contribution in [0.3, 0.4) is 0 Å². The fourth-order valence-corrected chi connectivity index (χ4v) is 2.12. The summed E-state index contributed by atoms with van der Waals surface area (Å²) in [5.74, 6) is -2.02. The van der Waals surface area contributed by atoms with E-state index in [4.69, 9.17) is 19.0 Å². The van der Waals surface area contributed by atoms with Crippen LogP contribution in [0.1, 0.15) is 13.8 Å². The second-order valence-corrected chi connectivity index (χ2v) is 4.39. The van der Waals surface area contributed by atoms with Crippen molar-refractivity contribution in [3.05, 3.63) is 0 Å². The maximum Gasteiger partial charge on any atom is 0.313 e. The van der Waals surface area contributed by atoms with Crippen LogP contribution in [0.2, 0.25) is 0 Å². The molecule has 0 amide bonds. The molecule has 4 atom stereocenters. The van der Waals surface area contributed by atoms with Crippen LogP contribution >= 0.6 is 0 Å². The zero-order chi connectivity index (χ0) is 14.0. The van der Waals surface area contributed by atoms with Crippen LogP contribution in [0.25, 0.3) is 0 Å². The lowest BCUT2D eigenvalue weighted by Crippen LogP contribution is -2.55. The van der Waals surface area contributed by atoms with Crippen molar-refractivity contribution in [1.82, 2.24) is 5.48 Å². The van der Waals surface area contributed by atoms with Gasteiger partial charge in [-0.1, -0.05) is 0 Å². The Balaban J connectivity index is 2.11. The Kier molecular flexibility index (Phi) is 4.01. The van der Waals surface area contributed by atoms with E-state index in [9.17, 15) is 14.4 Å². The average Bonchev–Trinajstić information content (AvgIpc) is 2.79. The Hall–Kier alpha value is -1.67. The summed E-state index contributed by atoms with van der Waals surface area (Å²) in [6.45, 7) is 2.60. The molecule has 0 saturated carbocycles. The number of esters is 3. The summed E-state index contributed by atoms with van der Waals surface area (Å²) in [6, 6.07) is 0. The summed E-state index contributed by atoms with van der Waals surface area (Å²) in [5.41, 5.74) is 2.58. The second kappa shape index (κ2) is 5.54. The summed E-state index contributed by atoms with van der Waals surface area (Å²) in [7, 11) is 0. The SMILES string of the molecule is CC(=O)OC[C@H]1OC(=O)[C@@H]2CNO[C@@H]2[C@H]1OC(C)=O. The smallest absolute Gasteiger partial charge is 0.313 e. The first-order valence-corrected chi connectivity index (χ1v) is 5.88.